The molecule has 1 fully saturated rings. The fourth-order valence-corrected chi connectivity index (χ4v) is 2.32. The molecule has 0 aliphatic carbocycles. The van der Waals surface area contributed by atoms with Gasteiger partial charge in [0.2, 0.25) is 0 Å². The Kier molecular flexibility index (Phi) is 4.81. The maximum atomic E-state index is 11.6. The first-order valence-corrected chi connectivity index (χ1v) is 6.63. The van der Waals surface area contributed by atoms with Crippen molar-refractivity contribution >= 4 is 5.97 Å². The number of phenolic OH excluding ortho intramolecular Hbond substituents is 1. The normalized spacial score (nSPS) is 17.6. The van der Waals surface area contributed by atoms with Crippen molar-refractivity contribution in [1.82, 2.24) is 4.90 Å². The third-order valence-corrected chi connectivity index (χ3v) is 3.24. The maximum absolute atomic E-state index is 11.6. The average Bonchev–Trinajstić information content (AvgIpc) is 2.44. The van der Waals surface area contributed by atoms with E-state index in [4.69, 9.17) is 9.47 Å². The zero-order chi connectivity index (χ0) is 14.5. The number of carboxylic acids is 1. The molecular weight excluding hydrogens is 262 g/mol. The highest BCUT2D eigenvalue weighted by molar-refractivity contribution is 5.76. The van der Waals surface area contributed by atoms with Crippen molar-refractivity contribution < 1.29 is 24.5 Å². The van der Waals surface area contributed by atoms with Crippen LogP contribution < -0.4 is 4.74 Å². The van der Waals surface area contributed by atoms with Crippen LogP contribution in [0.5, 0.6) is 11.5 Å². The molecule has 6 heteroatoms. The van der Waals surface area contributed by atoms with Crippen LogP contribution in [0.2, 0.25) is 0 Å². The van der Waals surface area contributed by atoms with Crippen LogP contribution in [0.3, 0.4) is 0 Å². The summed E-state index contributed by atoms with van der Waals surface area (Å²) in [5.41, 5.74) is 0.598. The molecule has 0 saturated carbocycles. The van der Waals surface area contributed by atoms with Gasteiger partial charge in [0.15, 0.2) is 11.5 Å². The van der Waals surface area contributed by atoms with E-state index in [9.17, 15) is 15.0 Å². The first-order chi connectivity index (χ1) is 9.63. The number of aromatic hydroxyl groups is 1. The van der Waals surface area contributed by atoms with Crippen LogP contribution in [-0.4, -0.2) is 54.0 Å². The molecule has 1 unspecified atom stereocenters. The summed E-state index contributed by atoms with van der Waals surface area (Å²) in [6.07, 6.45) is 0. The molecule has 0 radical (unpaired) electrons. The van der Waals surface area contributed by atoms with E-state index in [1.165, 1.54) is 6.07 Å². The Morgan fingerprint density at radius 1 is 1.45 bits per heavy atom. The second-order valence-corrected chi connectivity index (χ2v) is 4.55. The predicted molar refractivity (Wildman–Crippen MR) is 72.0 cm³/mol. The largest absolute Gasteiger partial charge is 0.504 e. The number of nitrogens with zero attached hydrogens (tertiary/aromatic N) is 1. The van der Waals surface area contributed by atoms with Gasteiger partial charge in [0.05, 0.1) is 19.8 Å². The van der Waals surface area contributed by atoms with Crippen LogP contribution in [0.1, 0.15) is 18.5 Å². The first kappa shape index (κ1) is 14.6. The Bertz CT molecular complexity index is 471. The average molecular weight is 281 g/mol. The molecule has 1 aromatic rings. The second-order valence-electron chi connectivity index (χ2n) is 4.55. The number of rotatable bonds is 5. The van der Waals surface area contributed by atoms with Gasteiger partial charge in [-0.15, -0.1) is 0 Å². The minimum Gasteiger partial charge on any atom is -0.504 e. The van der Waals surface area contributed by atoms with E-state index >= 15 is 0 Å². The Labute approximate surface area is 117 Å². The lowest BCUT2D eigenvalue weighted by Gasteiger charge is -2.32. The number of hydrogen-bond donors (Lipinski definition) is 2. The Morgan fingerprint density at radius 2 is 2.15 bits per heavy atom. The standard InChI is InChI=1S/C14H19NO5/c1-2-20-12-9-10(3-4-11(12)16)13(14(17)18)15-5-7-19-8-6-15/h3-4,9,13,16H,2,5-8H2,1H3,(H,17,18). The number of aliphatic carboxylic acids is 1. The fraction of sp³-hybridized carbons (Fsp3) is 0.500. The van der Waals surface area contributed by atoms with E-state index in [1.54, 1.807) is 12.1 Å². The predicted octanol–water partition coefficient (Wildman–Crippen LogP) is 1.25. The summed E-state index contributed by atoms with van der Waals surface area (Å²) in [5, 5.41) is 19.2. The van der Waals surface area contributed by atoms with Gasteiger partial charge in [-0.1, -0.05) is 6.07 Å². The zero-order valence-corrected chi connectivity index (χ0v) is 11.4. The highest BCUT2D eigenvalue weighted by Gasteiger charge is 2.29. The smallest absolute Gasteiger partial charge is 0.325 e. The molecule has 1 saturated heterocycles. The topological polar surface area (TPSA) is 79.2 Å². The summed E-state index contributed by atoms with van der Waals surface area (Å²) < 4.78 is 10.6. The highest BCUT2D eigenvalue weighted by atomic mass is 16.5. The van der Waals surface area contributed by atoms with Gasteiger partial charge in [-0.25, -0.2) is 0 Å². The van der Waals surface area contributed by atoms with Crippen LogP contribution in [0.15, 0.2) is 18.2 Å². The van der Waals surface area contributed by atoms with E-state index in [2.05, 4.69) is 0 Å². The van der Waals surface area contributed by atoms with Crippen molar-refractivity contribution in [2.75, 3.05) is 32.9 Å². The monoisotopic (exact) mass is 281 g/mol. The van der Waals surface area contributed by atoms with E-state index in [1.807, 2.05) is 11.8 Å². The van der Waals surface area contributed by atoms with Crippen LogP contribution in [0, 0.1) is 0 Å². The number of morpholine rings is 1. The van der Waals surface area contributed by atoms with Crippen molar-refractivity contribution in [3.05, 3.63) is 23.8 Å². The summed E-state index contributed by atoms with van der Waals surface area (Å²) in [5.74, 6) is -0.591. The second kappa shape index (κ2) is 6.58. The van der Waals surface area contributed by atoms with E-state index in [0.29, 0.717) is 44.2 Å². The lowest BCUT2D eigenvalue weighted by atomic mass is 10.0. The van der Waals surface area contributed by atoms with Crippen molar-refractivity contribution in [2.45, 2.75) is 13.0 Å². The van der Waals surface area contributed by atoms with Crippen molar-refractivity contribution in [3.8, 4) is 11.5 Å². The molecule has 20 heavy (non-hydrogen) atoms. The van der Waals surface area contributed by atoms with Crippen molar-refractivity contribution in [1.29, 1.82) is 0 Å². The summed E-state index contributed by atoms with van der Waals surface area (Å²) in [6.45, 7) is 4.42. The summed E-state index contributed by atoms with van der Waals surface area (Å²) >= 11 is 0. The number of hydrogen-bond acceptors (Lipinski definition) is 5. The summed E-state index contributed by atoms with van der Waals surface area (Å²) in [7, 11) is 0. The Hall–Kier alpha value is -1.79. The number of carbonyl (C=O) groups is 1. The Morgan fingerprint density at radius 3 is 2.75 bits per heavy atom. The van der Waals surface area contributed by atoms with Crippen LogP contribution in [0.4, 0.5) is 0 Å². The molecule has 0 bridgehead atoms. The minimum atomic E-state index is -0.917. The van der Waals surface area contributed by atoms with Crippen LogP contribution in [-0.2, 0) is 9.53 Å². The minimum absolute atomic E-state index is 0.0155. The molecule has 110 valence electrons. The number of ether oxygens (including phenoxy) is 2. The summed E-state index contributed by atoms with van der Waals surface area (Å²) in [6, 6.07) is 3.93. The molecule has 0 amide bonds. The molecule has 2 rings (SSSR count). The first-order valence-electron chi connectivity index (χ1n) is 6.63. The molecule has 1 aliphatic rings. The Balaban J connectivity index is 2.28. The molecule has 1 atom stereocenters. The molecule has 1 aliphatic heterocycles. The maximum Gasteiger partial charge on any atom is 0.325 e. The highest BCUT2D eigenvalue weighted by Crippen LogP contribution is 2.31. The van der Waals surface area contributed by atoms with Crippen LogP contribution >= 0.6 is 0 Å². The number of carboxylic acid groups (broad SMARTS) is 1. The van der Waals surface area contributed by atoms with E-state index in [0.717, 1.165) is 0 Å². The quantitative estimate of drug-likeness (QED) is 0.845. The van der Waals surface area contributed by atoms with Gasteiger partial charge in [-0.3, -0.25) is 9.69 Å². The van der Waals surface area contributed by atoms with Crippen molar-refractivity contribution in [2.24, 2.45) is 0 Å². The van der Waals surface area contributed by atoms with Gasteiger partial charge >= 0.3 is 5.97 Å². The van der Waals surface area contributed by atoms with E-state index in [-0.39, 0.29) is 5.75 Å². The molecule has 0 aromatic heterocycles. The third kappa shape index (κ3) is 3.20. The molecule has 1 heterocycles. The molecular formula is C14H19NO5. The SMILES string of the molecule is CCOc1cc(C(C(=O)O)N2CCOCC2)ccc1O. The zero-order valence-electron chi connectivity index (χ0n) is 11.4. The molecule has 1 aromatic carbocycles. The van der Waals surface area contributed by atoms with Gasteiger partial charge in [0.1, 0.15) is 6.04 Å². The lowest BCUT2D eigenvalue weighted by molar-refractivity contribution is -0.145. The van der Waals surface area contributed by atoms with Gasteiger partial charge in [0.25, 0.3) is 0 Å². The third-order valence-electron chi connectivity index (χ3n) is 3.24. The number of phenols is 1. The van der Waals surface area contributed by atoms with E-state index < -0.39 is 12.0 Å². The van der Waals surface area contributed by atoms with Crippen LogP contribution in [0.25, 0.3) is 0 Å². The van der Waals surface area contributed by atoms with Gasteiger partial charge < -0.3 is 19.7 Å². The molecule has 0 spiro atoms. The van der Waals surface area contributed by atoms with Gasteiger partial charge in [0, 0.05) is 13.1 Å². The van der Waals surface area contributed by atoms with Gasteiger partial charge in [-0.05, 0) is 24.6 Å². The fourth-order valence-electron chi connectivity index (χ4n) is 2.32. The molecule has 2 N–H and O–H groups in total. The lowest BCUT2D eigenvalue weighted by Crippen LogP contribution is -2.42. The van der Waals surface area contributed by atoms with Gasteiger partial charge in [-0.2, -0.15) is 0 Å². The summed E-state index contributed by atoms with van der Waals surface area (Å²) in [4.78, 5) is 13.4. The number of benzene rings is 1. The van der Waals surface area contributed by atoms with Crippen molar-refractivity contribution in [3.63, 3.8) is 0 Å². The molecule has 6 nitrogen and oxygen atoms in total.